The molecule has 0 radical (unpaired) electrons. The smallest absolute Gasteiger partial charge is 0.0619 e. The van der Waals surface area contributed by atoms with Crippen molar-refractivity contribution in [3.05, 3.63) is 48.0 Å². The second-order valence-electron chi connectivity index (χ2n) is 5.28. The fourth-order valence-electron chi connectivity index (χ4n) is 2.77. The van der Waals surface area contributed by atoms with Crippen molar-refractivity contribution in [1.82, 2.24) is 0 Å². The SMILES string of the molecule is CCCCC(CC)C(Cl)c1cccc2ccccc12. The van der Waals surface area contributed by atoms with Crippen LogP contribution >= 0.6 is 11.6 Å². The molecule has 102 valence electrons. The lowest BCUT2D eigenvalue weighted by Gasteiger charge is -2.22. The van der Waals surface area contributed by atoms with Gasteiger partial charge in [-0.3, -0.25) is 0 Å². The van der Waals surface area contributed by atoms with Crippen molar-refractivity contribution in [3.8, 4) is 0 Å². The van der Waals surface area contributed by atoms with Crippen molar-refractivity contribution in [2.75, 3.05) is 0 Å². The van der Waals surface area contributed by atoms with Gasteiger partial charge in [-0.25, -0.2) is 0 Å². The Morgan fingerprint density at radius 3 is 2.47 bits per heavy atom. The van der Waals surface area contributed by atoms with E-state index >= 15 is 0 Å². The maximum Gasteiger partial charge on any atom is 0.0619 e. The van der Waals surface area contributed by atoms with E-state index < -0.39 is 0 Å². The number of alkyl halides is 1. The molecule has 0 saturated carbocycles. The largest absolute Gasteiger partial charge is 0.117 e. The number of hydrogen-bond acceptors (Lipinski definition) is 0. The highest BCUT2D eigenvalue weighted by atomic mass is 35.5. The van der Waals surface area contributed by atoms with Crippen molar-refractivity contribution in [1.29, 1.82) is 0 Å². The van der Waals surface area contributed by atoms with Crippen LogP contribution in [0.25, 0.3) is 10.8 Å². The molecule has 0 aliphatic carbocycles. The molecule has 0 fully saturated rings. The molecular formula is C18H23Cl. The molecule has 0 amide bonds. The molecule has 2 atom stereocenters. The van der Waals surface area contributed by atoms with Crippen LogP contribution in [-0.4, -0.2) is 0 Å². The number of hydrogen-bond donors (Lipinski definition) is 0. The zero-order valence-electron chi connectivity index (χ0n) is 11.9. The Hall–Kier alpha value is -1.01. The summed E-state index contributed by atoms with van der Waals surface area (Å²) in [7, 11) is 0. The van der Waals surface area contributed by atoms with E-state index in [1.165, 1.54) is 35.6 Å². The maximum atomic E-state index is 6.79. The van der Waals surface area contributed by atoms with Gasteiger partial charge in [-0.2, -0.15) is 0 Å². The molecule has 0 aliphatic heterocycles. The molecule has 0 nitrogen and oxygen atoms in total. The summed E-state index contributed by atoms with van der Waals surface area (Å²) in [6, 6.07) is 15.0. The van der Waals surface area contributed by atoms with Crippen molar-refractivity contribution in [2.45, 2.75) is 44.9 Å². The zero-order chi connectivity index (χ0) is 13.7. The molecule has 0 spiro atoms. The van der Waals surface area contributed by atoms with Crippen LogP contribution in [-0.2, 0) is 0 Å². The van der Waals surface area contributed by atoms with Crippen LogP contribution in [0.5, 0.6) is 0 Å². The minimum absolute atomic E-state index is 0.127. The summed E-state index contributed by atoms with van der Waals surface area (Å²) in [5.74, 6) is 0.576. The van der Waals surface area contributed by atoms with E-state index in [2.05, 4.69) is 56.3 Å². The standard InChI is InChI=1S/C18H23Cl/c1-3-5-9-14(4-2)18(19)17-13-8-11-15-10-6-7-12-16(15)17/h6-8,10-14,18H,3-5,9H2,1-2H3. The fraction of sp³-hybridized carbons (Fsp3) is 0.444. The van der Waals surface area contributed by atoms with E-state index in [1.54, 1.807) is 0 Å². The number of benzene rings is 2. The van der Waals surface area contributed by atoms with E-state index in [-0.39, 0.29) is 5.38 Å². The van der Waals surface area contributed by atoms with Crippen molar-refractivity contribution < 1.29 is 0 Å². The first-order valence-electron chi connectivity index (χ1n) is 7.39. The van der Waals surface area contributed by atoms with E-state index in [0.29, 0.717) is 5.92 Å². The van der Waals surface area contributed by atoms with E-state index in [9.17, 15) is 0 Å². The first kappa shape index (κ1) is 14.4. The Morgan fingerprint density at radius 1 is 1.00 bits per heavy atom. The number of rotatable bonds is 6. The Balaban J connectivity index is 2.31. The van der Waals surface area contributed by atoms with Gasteiger partial charge in [0.25, 0.3) is 0 Å². The maximum absolute atomic E-state index is 6.79. The summed E-state index contributed by atoms with van der Waals surface area (Å²) in [5.41, 5.74) is 1.29. The molecule has 2 aromatic rings. The average molecular weight is 275 g/mol. The summed E-state index contributed by atoms with van der Waals surface area (Å²) in [5, 5.41) is 2.72. The molecular weight excluding hydrogens is 252 g/mol. The van der Waals surface area contributed by atoms with Crippen LogP contribution < -0.4 is 0 Å². The van der Waals surface area contributed by atoms with Gasteiger partial charge in [0, 0.05) is 0 Å². The third-order valence-corrected chi connectivity index (χ3v) is 4.58. The van der Waals surface area contributed by atoms with E-state index in [1.807, 2.05) is 0 Å². The molecule has 0 heterocycles. The highest BCUT2D eigenvalue weighted by Crippen LogP contribution is 2.37. The third-order valence-electron chi connectivity index (χ3n) is 3.99. The lowest BCUT2D eigenvalue weighted by Crippen LogP contribution is -2.07. The van der Waals surface area contributed by atoms with Gasteiger partial charge in [-0.05, 0) is 28.7 Å². The summed E-state index contributed by atoms with van der Waals surface area (Å²) in [4.78, 5) is 0. The summed E-state index contributed by atoms with van der Waals surface area (Å²) in [6.07, 6.45) is 4.89. The molecule has 1 heteroatoms. The van der Waals surface area contributed by atoms with Crippen molar-refractivity contribution in [2.24, 2.45) is 5.92 Å². The predicted molar refractivity (Wildman–Crippen MR) is 85.8 cm³/mol. The Kier molecular flexibility index (Phi) is 5.27. The van der Waals surface area contributed by atoms with Gasteiger partial charge in [0.05, 0.1) is 5.38 Å². The van der Waals surface area contributed by atoms with E-state index in [0.717, 1.165) is 6.42 Å². The van der Waals surface area contributed by atoms with Gasteiger partial charge < -0.3 is 0 Å². The molecule has 0 N–H and O–H groups in total. The molecule has 2 unspecified atom stereocenters. The molecule has 0 saturated heterocycles. The van der Waals surface area contributed by atoms with Crippen LogP contribution in [0.1, 0.15) is 50.5 Å². The van der Waals surface area contributed by atoms with Gasteiger partial charge in [0.2, 0.25) is 0 Å². The van der Waals surface area contributed by atoms with Crippen LogP contribution in [0.2, 0.25) is 0 Å². The summed E-state index contributed by atoms with van der Waals surface area (Å²) >= 11 is 6.79. The Labute approximate surface area is 121 Å². The minimum atomic E-state index is 0.127. The highest BCUT2D eigenvalue weighted by molar-refractivity contribution is 6.22. The lowest BCUT2D eigenvalue weighted by molar-refractivity contribution is 0.438. The topological polar surface area (TPSA) is 0 Å². The van der Waals surface area contributed by atoms with Gasteiger partial charge in [-0.1, -0.05) is 75.6 Å². The molecule has 2 aromatic carbocycles. The quantitative estimate of drug-likeness (QED) is 0.540. The van der Waals surface area contributed by atoms with Crippen LogP contribution in [0.4, 0.5) is 0 Å². The second kappa shape index (κ2) is 6.96. The first-order chi connectivity index (χ1) is 9.27. The number of fused-ring (bicyclic) bond motifs is 1. The molecule has 0 aliphatic rings. The minimum Gasteiger partial charge on any atom is -0.117 e. The van der Waals surface area contributed by atoms with Crippen LogP contribution in [0, 0.1) is 5.92 Å². The second-order valence-corrected chi connectivity index (χ2v) is 5.75. The first-order valence-corrected chi connectivity index (χ1v) is 7.83. The molecule has 2 rings (SSSR count). The van der Waals surface area contributed by atoms with Gasteiger partial charge in [-0.15, -0.1) is 11.6 Å². The molecule has 0 bridgehead atoms. The van der Waals surface area contributed by atoms with Gasteiger partial charge in [0.1, 0.15) is 0 Å². The van der Waals surface area contributed by atoms with E-state index in [4.69, 9.17) is 11.6 Å². The Bertz CT molecular complexity index is 513. The fourth-order valence-corrected chi connectivity index (χ4v) is 3.26. The van der Waals surface area contributed by atoms with Crippen molar-refractivity contribution in [3.63, 3.8) is 0 Å². The lowest BCUT2D eigenvalue weighted by atomic mass is 9.89. The predicted octanol–water partition coefficient (Wildman–Crippen LogP) is 6.34. The number of unbranched alkanes of at least 4 members (excludes halogenated alkanes) is 1. The van der Waals surface area contributed by atoms with Gasteiger partial charge >= 0.3 is 0 Å². The van der Waals surface area contributed by atoms with Gasteiger partial charge in [0.15, 0.2) is 0 Å². The summed E-state index contributed by atoms with van der Waals surface area (Å²) < 4.78 is 0. The number of halogens is 1. The van der Waals surface area contributed by atoms with Crippen LogP contribution in [0.15, 0.2) is 42.5 Å². The molecule has 0 aromatic heterocycles. The highest BCUT2D eigenvalue weighted by Gasteiger charge is 2.20. The Morgan fingerprint density at radius 2 is 1.74 bits per heavy atom. The third kappa shape index (κ3) is 3.30. The van der Waals surface area contributed by atoms with Crippen molar-refractivity contribution >= 4 is 22.4 Å². The molecule has 19 heavy (non-hydrogen) atoms. The summed E-state index contributed by atoms with van der Waals surface area (Å²) in [6.45, 7) is 4.49. The van der Waals surface area contributed by atoms with Crippen LogP contribution in [0.3, 0.4) is 0 Å². The zero-order valence-corrected chi connectivity index (χ0v) is 12.7. The average Bonchev–Trinajstić information content (AvgIpc) is 2.47. The normalized spacial score (nSPS) is 14.5. The monoisotopic (exact) mass is 274 g/mol.